The Hall–Kier alpha value is -2.69. The molecule has 0 bridgehead atoms. The Balaban J connectivity index is 2.01. The van der Waals surface area contributed by atoms with Crippen molar-refractivity contribution >= 4 is 5.91 Å². The maximum Gasteiger partial charge on any atom is 0.219 e. The van der Waals surface area contributed by atoms with Gasteiger partial charge in [-0.1, -0.05) is 12.1 Å². The van der Waals surface area contributed by atoms with Crippen LogP contribution < -0.4 is 4.74 Å². The normalized spacial score (nSPS) is 16.6. The summed E-state index contributed by atoms with van der Waals surface area (Å²) in [6.07, 6.45) is 1.36. The van der Waals surface area contributed by atoms with Gasteiger partial charge in [-0.15, -0.1) is 0 Å². The summed E-state index contributed by atoms with van der Waals surface area (Å²) >= 11 is 0. The molecule has 1 unspecified atom stereocenters. The Morgan fingerprint density at radius 3 is 2.58 bits per heavy atom. The summed E-state index contributed by atoms with van der Waals surface area (Å²) in [5.74, 6) is 0.763. The Morgan fingerprint density at radius 2 is 1.96 bits per heavy atom. The highest BCUT2D eigenvalue weighted by Gasteiger charge is 2.30. The number of ether oxygens (including phenoxy) is 1. The number of carbonyl (C=O) groups is 1. The highest BCUT2D eigenvalue weighted by molar-refractivity contribution is 5.74. The zero-order valence-corrected chi connectivity index (χ0v) is 13.8. The summed E-state index contributed by atoms with van der Waals surface area (Å²) < 4.78 is 5.19. The fourth-order valence-electron chi connectivity index (χ4n) is 3.33. The lowest BCUT2D eigenvalue weighted by molar-refractivity contribution is -0.131. The average Bonchev–Trinajstić information content (AvgIpc) is 2.56. The van der Waals surface area contributed by atoms with Gasteiger partial charge in [0.25, 0.3) is 0 Å². The molecule has 0 saturated carbocycles. The van der Waals surface area contributed by atoms with E-state index in [9.17, 15) is 15.0 Å². The molecule has 5 nitrogen and oxygen atoms in total. The predicted octanol–water partition coefficient (Wildman–Crippen LogP) is 2.79. The van der Waals surface area contributed by atoms with Crippen molar-refractivity contribution in [2.24, 2.45) is 0 Å². The first-order valence-electron chi connectivity index (χ1n) is 7.94. The molecule has 5 heteroatoms. The average molecular weight is 327 g/mol. The maximum atomic E-state index is 12.1. The van der Waals surface area contributed by atoms with Crippen LogP contribution >= 0.6 is 0 Å². The zero-order chi connectivity index (χ0) is 17.3. The van der Waals surface area contributed by atoms with E-state index in [4.69, 9.17) is 4.74 Å². The first-order valence-corrected chi connectivity index (χ1v) is 7.94. The van der Waals surface area contributed by atoms with Gasteiger partial charge in [0.15, 0.2) is 11.5 Å². The lowest BCUT2D eigenvalue weighted by Crippen LogP contribution is -2.39. The molecule has 1 aliphatic rings. The molecule has 0 radical (unpaired) electrons. The third-order valence-corrected chi connectivity index (χ3v) is 4.57. The summed E-state index contributed by atoms with van der Waals surface area (Å²) in [6.45, 7) is 2.21. The largest absolute Gasteiger partial charge is 0.508 e. The van der Waals surface area contributed by atoms with Crippen LogP contribution in [0.5, 0.6) is 17.2 Å². The van der Waals surface area contributed by atoms with Gasteiger partial charge in [0, 0.05) is 13.5 Å². The maximum absolute atomic E-state index is 12.1. The van der Waals surface area contributed by atoms with E-state index in [1.807, 2.05) is 23.1 Å². The van der Waals surface area contributed by atoms with Gasteiger partial charge in [-0.2, -0.15) is 0 Å². The summed E-state index contributed by atoms with van der Waals surface area (Å²) in [5.41, 5.74) is 3.06. The van der Waals surface area contributed by atoms with E-state index in [-0.39, 0.29) is 23.4 Å². The second-order valence-corrected chi connectivity index (χ2v) is 6.07. The molecular weight excluding hydrogens is 306 g/mol. The number of nitrogens with zero attached hydrogens (tertiary/aromatic N) is 1. The minimum absolute atomic E-state index is 0.0136. The highest BCUT2D eigenvalue weighted by atomic mass is 16.5. The van der Waals surface area contributed by atoms with Crippen LogP contribution in [0.1, 0.15) is 29.7 Å². The number of aromatic hydroxyl groups is 2. The number of rotatable bonds is 3. The van der Waals surface area contributed by atoms with Crippen molar-refractivity contribution < 1.29 is 19.7 Å². The van der Waals surface area contributed by atoms with Gasteiger partial charge in [0.2, 0.25) is 5.91 Å². The van der Waals surface area contributed by atoms with Crippen LogP contribution in [-0.2, 0) is 17.6 Å². The molecular formula is C19H21NO4. The van der Waals surface area contributed by atoms with E-state index in [0.29, 0.717) is 18.7 Å². The van der Waals surface area contributed by atoms with Crippen molar-refractivity contribution in [3.63, 3.8) is 0 Å². The molecule has 2 N–H and O–H groups in total. The summed E-state index contributed by atoms with van der Waals surface area (Å²) in [6, 6.07) is 10.4. The number of carbonyl (C=O) groups excluding carboxylic acids is 1. The predicted molar refractivity (Wildman–Crippen MR) is 90.3 cm³/mol. The summed E-state index contributed by atoms with van der Waals surface area (Å²) in [7, 11) is 1.53. The second-order valence-electron chi connectivity index (χ2n) is 6.07. The quantitative estimate of drug-likeness (QED) is 0.909. The number of phenols is 2. The highest BCUT2D eigenvalue weighted by Crippen LogP contribution is 2.39. The molecule has 0 spiro atoms. The number of amides is 1. The number of phenolic OH excluding ortho intramolecular Hbond substituents is 2. The van der Waals surface area contributed by atoms with Crippen molar-refractivity contribution in [1.82, 2.24) is 4.90 Å². The molecule has 1 heterocycles. The van der Waals surface area contributed by atoms with Gasteiger partial charge in [-0.3, -0.25) is 4.79 Å². The summed E-state index contributed by atoms with van der Waals surface area (Å²) in [5, 5.41) is 19.6. The number of hydrogen-bond donors (Lipinski definition) is 2. The van der Waals surface area contributed by atoms with Crippen molar-refractivity contribution in [2.45, 2.75) is 25.8 Å². The van der Waals surface area contributed by atoms with Crippen LogP contribution in [0.2, 0.25) is 0 Å². The second kappa shape index (κ2) is 6.43. The number of fused-ring (bicyclic) bond motifs is 1. The molecule has 0 saturated heterocycles. The SMILES string of the molecule is COc1cc2c(cc1O)C(Cc1ccc(O)cc1)N(C(C)=O)CC2. The third kappa shape index (κ3) is 3.02. The minimum Gasteiger partial charge on any atom is -0.508 e. The molecule has 0 aliphatic carbocycles. The van der Waals surface area contributed by atoms with Gasteiger partial charge >= 0.3 is 0 Å². The van der Waals surface area contributed by atoms with E-state index < -0.39 is 0 Å². The summed E-state index contributed by atoms with van der Waals surface area (Å²) in [4.78, 5) is 13.9. The molecule has 3 rings (SSSR count). The molecule has 126 valence electrons. The molecule has 0 fully saturated rings. The van der Waals surface area contributed by atoms with Gasteiger partial charge in [-0.05, 0) is 53.8 Å². The molecule has 1 atom stereocenters. The van der Waals surface area contributed by atoms with Crippen LogP contribution in [0.3, 0.4) is 0 Å². The lowest BCUT2D eigenvalue weighted by Gasteiger charge is -2.37. The van der Waals surface area contributed by atoms with E-state index in [2.05, 4.69) is 0 Å². The Kier molecular flexibility index (Phi) is 4.34. The van der Waals surface area contributed by atoms with Crippen molar-refractivity contribution in [1.29, 1.82) is 0 Å². The zero-order valence-electron chi connectivity index (χ0n) is 13.8. The van der Waals surface area contributed by atoms with E-state index >= 15 is 0 Å². The first-order chi connectivity index (χ1) is 11.5. The van der Waals surface area contributed by atoms with Crippen LogP contribution in [0.15, 0.2) is 36.4 Å². The fourth-order valence-corrected chi connectivity index (χ4v) is 3.33. The van der Waals surface area contributed by atoms with E-state index in [1.165, 1.54) is 7.11 Å². The molecule has 2 aromatic rings. The minimum atomic E-state index is -0.146. The van der Waals surface area contributed by atoms with E-state index in [1.54, 1.807) is 25.1 Å². The van der Waals surface area contributed by atoms with Crippen LogP contribution in [0, 0.1) is 0 Å². The topological polar surface area (TPSA) is 70.0 Å². The standard InChI is InChI=1S/C19H21NO4/c1-12(21)20-8-7-14-10-19(24-2)18(23)11-16(14)17(20)9-13-3-5-15(22)6-4-13/h3-6,10-11,17,22-23H,7-9H2,1-2H3. The van der Waals surface area contributed by atoms with Gasteiger partial charge in [0.1, 0.15) is 5.75 Å². The Bertz CT molecular complexity index is 755. The van der Waals surface area contributed by atoms with Gasteiger partial charge in [0.05, 0.1) is 13.2 Å². The molecule has 0 aromatic heterocycles. The molecule has 1 amide bonds. The van der Waals surface area contributed by atoms with Crippen molar-refractivity contribution in [2.75, 3.05) is 13.7 Å². The van der Waals surface area contributed by atoms with Gasteiger partial charge < -0.3 is 19.8 Å². The molecule has 24 heavy (non-hydrogen) atoms. The lowest BCUT2D eigenvalue weighted by atomic mass is 9.88. The molecule has 2 aromatic carbocycles. The number of hydrogen-bond acceptors (Lipinski definition) is 4. The third-order valence-electron chi connectivity index (χ3n) is 4.57. The number of benzene rings is 2. The molecule has 1 aliphatic heterocycles. The van der Waals surface area contributed by atoms with Crippen molar-refractivity contribution in [3.8, 4) is 17.2 Å². The Labute approximate surface area is 141 Å². The smallest absolute Gasteiger partial charge is 0.219 e. The number of methoxy groups -OCH3 is 1. The fraction of sp³-hybridized carbons (Fsp3) is 0.316. The van der Waals surface area contributed by atoms with Crippen LogP contribution in [0.25, 0.3) is 0 Å². The first kappa shape index (κ1) is 16.2. The monoisotopic (exact) mass is 327 g/mol. The van der Waals surface area contributed by atoms with Gasteiger partial charge in [-0.25, -0.2) is 0 Å². The van der Waals surface area contributed by atoms with Crippen molar-refractivity contribution in [3.05, 3.63) is 53.1 Å². The van der Waals surface area contributed by atoms with E-state index in [0.717, 1.165) is 23.1 Å². The van der Waals surface area contributed by atoms with Crippen LogP contribution in [-0.4, -0.2) is 34.7 Å². The van der Waals surface area contributed by atoms with Crippen LogP contribution in [0.4, 0.5) is 0 Å². The Morgan fingerprint density at radius 1 is 1.25 bits per heavy atom.